The summed E-state index contributed by atoms with van der Waals surface area (Å²) in [5.74, 6) is 1.63. The van der Waals surface area contributed by atoms with Crippen LogP contribution in [0.5, 0.6) is 11.5 Å². The lowest BCUT2D eigenvalue weighted by molar-refractivity contribution is -0.141. The molecule has 15 nitrogen and oxygen atoms in total. The molecule has 4 fully saturated rings. The van der Waals surface area contributed by atoms with Gasteiger partial charge in [-0.1, -0.05) is 39.3 Å². The van der Waals surface area contributed by atoms with Gasteiger partial charge in [-0.25, -0.2) is 9.78 Å². The lowest BCUT2D eigenvalue weighted by atomic mass is 9.85. The minimum atomic E-state index is -0.990. The van der Waals surface area contributed by atoms with Gasteiger partial charge in [0.25, 0.3) is 6.01 Å². The van der Waals surface area contributed by atoms with Gasteiger partial charge in [-0.15, -0.1) is 0 Å². The standard InChI is InChI=1S/C42H58ClN7O8/c1-22(2)45-39-47-30(20-56-39)29-18-33(26-9-10-32(34(43)35(26)46-29)55-14-12-49-11-13-54-21-42(49,7)8)57-25-17-31(37(44)51)50(19-25)38(52)36(41(4,5)6)48-40(53)58-24-15-27-23(3)28(27)16-24/h9-10,18,20,22-25,27-28,31,36H,11-17,19,21H2,1-8H3,(H2,44,51)(H,45,47)(H,48,53)/t23-,24+,25?,27+,28-,31-,36+/m0/s1. The molecule has 4 N–H and O–H groups in total. The summed E-state index contributed by atoms with van der Waals surface area (Å²) in [6.45, 7) is 19.3. The van der Waals surface area contributed by atoms with Crippen molar-refractivity contribution in [1.29, 1.82) is 0 Å². The Morgan fingerprint density at radius 1 is 1.07 bits per heavy atom. The first-order chi connectivity index (χ1) is 27.4. The summed E-state index contributed by atoms with van der Waals surface area (Å²) in [5, 5.41) is 6.87. The molecule has 2 saturated carbocycles. The van der Waals surface area contributed by atoms with E-state index in [2.05, 4.69) is 41.3 Å². The first-order valence-corrected chi connectivity index (χ1v) is 20.8. The number of halogens is 1. The Bertz CT molecular complexity index is 2000. The molecule has 2 aromatic heterocycles. The zero-order valence-electron chi connectivity index (χ0n) is 34.8. The second-order valence-corrected chi connectivity index (χ2v) is 18.7. The molecule has 2 aliphatic carbocycles. The highest BCUT2D eigenvalue weighted by Crippen LogP contribution is 2.57. The normalized spacial score (nSPS) is 26.0. The molecule has 3 aromatic rings. The number of benzene rings is 1. The number of amides is 3. The molecule has 16 heteroatoms. The van der Waals surface area contributed by atoms with Crippen LogP contribution in [0.25, 0.3) is 22.3 Å². The van der Waals surface area contributed by atoms with Gasteiger partial charge < -0.3 is 44.6 Å². The minimum Gasteiger partial charge on any atom is -0.491 e. The molecule has 2 saturated heterocycles. The van der Waals surface area contributed by atoms with Crippen LogP contribution in [0.2, 0.25) is 5.02 Å². The first kappa shape index (κ1) is 41.8. The van der Waals surface area contributed by atoms with Gasteiger partial charge >= 0.3 is 6.09 Å². The minimum absolute atomic E-state index is 0.0397. The molecule has 2 aliphatic heterocycles. The number of likely N-dealkylation sites (tertiary alicyclic amines) is 1. The molecular weight excluding hydrogens is 766 g/mol. The lowest BCUT2D eigenvalue weighted by Gasteiger charge is -2.41. The number of pyridine rings is 1. The third kappa shape index (κ3) is 8.96. The maximum atomic E-state index is 14.3. The van der Waals surface area contributed by atoms with Crippen molar-refractivity contribution in [2.45, 2.75) is 111 Å². The SMILES string of the molecule is CC(C)Nc1nc(-c2cc(OC3C[C@@H](C(N)=O)N(C(=O)[C@@H](NC(=O)O[C@@H]4C[C@@H]5[C@H](C)[C@@H]5C4)C(C)(C)C)C3)c3ccc(OCCN4CCOCC4(C)C)c(Cl)c3n2)co1. The zero-order valence-corrected chi connectivity index (χ0v) is 35.6. The predicted molar refractivity (Wildman–Crippen MR) is 219 cm³/mol. The molecule has 4 heterocycles. The van der Waals surface area contributed by atoms with E-state index in [1.165, 1.54) is 11.2 Å². The molecule has 0 spiro atoms. The van der Waals surface area contributed by atoms with E-state index in [0.29, 0.717) is 88.9 Å². The Hall–Kier alpha value is -4.34. The van der Waals surface area contributed by atoms with E-state index in [-0.39, 0.29) is 30.7 Å². The summed E-state index contributed by atoms with van der Waals surface area (Å²) in [6.07, 6.45) is 1.85. The average Bonchev–Trinajstić information content (AvgIpc) is 3.63. The Morgan fingerprint density at radius 3 is 2.48 bits per heavy atom. The summed E-state index contributed by atoms with van der Waals surface area (Å²) in [6, 6.07) is 3.81. The summed E-state index contributed by atoms with van der Waals surface area (Å²) < 4.78 is 30.1. The van der Waals surface area contributed by atoms with Gasteiger partial charge in [0.05, 0.1) is 31.0 Å². The van der Waals surface area contributed by atoms with Gasteiger partial charge in [0.2, 0.25) is 11.8 Å². The quantitative estimate of drug-likeness (QED) is 0.187. The van der Waals surface area contributed by atoms with E-state index in [1.54, 1.807) is 12.1 Å². The zero-order chi connectivity index (χ0) is 41.7. The Labute approximate surface area is 345 Å². The number of nitrogens with zero attached hydrogens (tertiary/aromatic N) is 4. The van der Waals surface area contributed by atoms with Gasteiger partial charge in [-0.3, -0.25) is 14.5 Å². The fourth-order valence-corrected chi connectivity index (χ4v) is 8.99. The van der Waals surface area contributed by atoms with Crippen LogP contribution in [0.1, 0.15) is 74.7 Å². The van der Waals surface area contributed by atoms with Gasteiger partial charge in [0.1, 0.15) is 59.4 Å². The number of fused-ring (bicyclic) bond motifs is 2. The fraction of sp³-hybridized carbons (Fsp3) is 0.643. The Balaban J connectivity index is 1.13. The number of nitrogens with one attached hydrogen (secondary N) is 2. The summed E-state index contributed by atoms with van der Waals surface area (Å²) in [7, 11) is 0. The van der Waals surface area contributed by atoms with Crippen LogP contribution >= 0.6 is 11.6 Å². The largest absolute Gasteiger partial charge is 0.491 e. The number of primary amides is 1. The van der Waals surface area contributed by atoms with Crippen LogP contribution in [0.4, 0.5) is 10.8 Å². The molecule has 4 aliphatic rings. The second kappa shape index (κ2) is 16.4. The molecular formula is C42H58ClN7O8. The number of hydrogen-bond acceptors (Lipinski definition) is 12. The van der Waals surface area contributed by atoms with Crippen molar-refractivity contribution in [3.8, 4) is 22.9 Å². The predicted octanol–water partition coefficient (Wildman–Crippen LogP) is 5.87. The van der Waals surface area contributed by atoms with Crippen molar-refractivity contribution >= 4 is 46.4 Å². The molecule has 7 rings (SSSR count). The second-order valence-electron chi connectivity index (χ2n) is 18.3. The van der Waals surface area contributed by atoms with E-state index in [0.717, 1.165) is 19.4 Å². The van der Waals surface area contributed by atoms with Gasteiger partial charge in [-0.05, 0) is 75.8 Å². The average molecular weight is 824 g/mol. The molecule has 1 unspecified atom stereocenters. The molecule has 0 radical (unpaired) electrons. The Morgan fingerprint density at radius 2 is 1.81 bits per heavy atom. The van der Waals surface area contributed by atoms with E-state index >= 15 is 0 Å². The number of carbonyl (C=O) groups excluding carboxylic acids is 3. The number of nitrogens with two attached hydrogens (primary N) is 1. The number of hydrogen-bond donors (Lipinski definition) is 3. The number of ether oxygens (including phenoxy) is 4. The maximum Gasteiger partial charge on any atom is 0.408 e. The highest BCUT2D eigenvalue weighted by Gasteiger charge is 2.54. The molecule has 7 atom stereocenters. The number of morpholine rings is 1. The highest BCUT2D eigenvalue weighted by molar-refractivity contribution is 6.36. The molecule has 0 bridgehead atoms. The van der Waals surface area contributed by atoms with Crippen LogP contribution in [-0.2, 0) is 19.1 Å². The fourth-order valence-electron chi connectivity index (χ4n) is 8.73. The molecule has 58 heavy (non-hydrogen) atoms. The number of anilines is 1. The van der Waals surface area contributed by atoms with Crippen LogP contribution < -0.4 is 25.8 Å². The summed E-state index contributed by atoms with van der Waals surface area (Å²) >= 11 is 7.07. The molecule has 1 aromatic carbocycles. The van der Waals surface area contributed by atoms with Gasteiger partial charge in [-0.2, -0.15) is 4.98 Å². The van der Waals surface area contributed by atoms with E-state index in [9.17, 15) is 14.4 Å². The number of carbonyl (C=O) groups is 3. The number of alkyl carbamates (subject to hydrolysis) is 1. The Kier molecular flexibility index (Phi) is 11.8. The molecule has 316 valence electrons. The van der Waals surface area contributed by atoms with Crippen LogP contribution in [-0.4, -0.2) is 113 Å². The van der Waals surface area contributed by atoms with Gasteiger partial charge in [0, 0.05) is 42.5 Å². The van der Waals surface area contributed by atoms with E-state index < -0.39 is 41.5 Å². The van der Waals surface area contributed by atoms with Crippen molar-refractivity contribution < 1.29 is 37.7 Å². The lowest BCUT2D eigenvalue weighted by Crippen LogP contribution is -2.57. The van der Waals surface area contributed by atoms with Gasteiger partial charge in [0.15, 0.2) is 0 Å². The van der Waals surface area contributed by atoms with Crippen molar-refractivity contribution in [1.82, 2.24) is 25.1 Å². The summed E-state index contributed by atoms with van der Waals surface area (Å²) in [5.41, 5.74) is 6.39. The van der Waals surface area contributed by atoms with Crippen molar-refractivity contribution in [3.05, 3.63) is 29.5 Å². The van der Waals surface area contributed by atoms with Crippen molar-refractivity contribution in [2.75, 3.05) is 44.8 Å². The topological polar surface area (TPSA) is 184 Å². The number of oxazole rings is 1. The van der Waals surface area contributed by atoms with Crippen LogP contribution in [0.15, 0.2) is 28.9 Å². The smallest absolute Gasteiger partial charge is 0.408 e. The van der Waals surface area contributed by atoms with Crippen molar-refractivity contribution in [3.63, 3.8) is 0 Å². The third-order valence-electron chi connectivity index (χ3n) is 12.1. The third-order valence-corrected chi connectivity index (χ3v) is 12.5. The van der Waals surface area contributed by atoms with E-state index in [4.69, 9.17) is 45.7 Å². The van der Waals surface area contributed by atoms with E-state index in [1.807, 2.05) is 40.7 Å². The monoisotopic (exact) mass is 823 g/mol. The highest BCUT2D eigenvalue weighted by atomic mass is 35.5. The molecule has 3 amide bonds. The van der Waals surface area contributed by atoms with Crippen LogP contribution in [0.3, 0.4) is 0 Å². The van der Waals surface area contributed by atoms with Crippen LogP contribution in [0, 0.1) is 23.2 Å². The number of rotatable bonds is 13. The maximum absolute atomic E-state index is 14.3. The summed E-state index contributed by atoms with van der Waals surface area (Å²) in [4.78, 5) is 53.7. The van der Waals surface area contributed by atoms with Crippen molar-refractivity contribution in [2.24, 2.45) is 28.9 Å². The first-order valence-electron chi connectivity index (χ1n) is 20.4. The number of aromatic nitrogens is 2.